The maximum absolute atomic E-state index is 12.3. The van der Waals surface area contributed by atoms with Crippen molar-refractivity contribution >= 4 is 40.9 Å². The molecule has 0 fully saturated rings. The number of halogens is 1. The lowest BCUT2D eigenvalue weighted by Crippen LogP contribution is -2.40. The molecule has 12 heteroatoms. The number of non-ortho nitro benzene ring substituents is 1. The number of amides is 2. The molecule has 2 aromatic carbocycles. The molecular formula is C22H20ClN5O6. The van der Waals surface area contributed by atoms with Crippen molar-refractivity contribution in [1.82, 2.24) is 15.1 Å². The van der Waals surface area contributed by atoms with Crippen LogP contribution in [-0.4, -0.2) is 45.1 Å². The lowest BCUT2D eigenvalue weighted by Gasteiger charge is -2.14. The Hall–Kier alpha value is -4.25. The van der Waals surface area contributed by atoms with E-state index in [9.17, 15) is 24.5 Å². The van der Waals surface area contributed by atoms with Gasteiger partial charge in [0.05, 0.1) is 17.7 Å². The number of hydrogen-bond donors (Lipinski definition) is 2. The molecule has 2 N–H and O–H groups in total. The van der Waals surface area contributed by atoms with Gasteiger partial charge < -0.3 is 15.4 Å². The minimum atomic E-state index is -1.09. The summed E-state index contributed by atoms with van der Waals surface area (Å²) in [6, 6.07) is 12.8. The second-order valence-corrected chi connectivity index (χ2v) is 7.53. The highest BCUT2D eigenvalue weighted by atomic mass is 35.5. The van der Waals surface area contributed by atoms with E-state index in [4.69, 9.17) is 16.3 Å². The van der Waals surface area contributed by atoms with Gasteiger partial charge in [0.1, 0.15) is 11.9 Å². The molecule has 3 rings (SSSR count). The summed E-state index contributed by atoms with van der Waals surface area (Å²) < 4.78 is 6.50. The van der Waals surface area contributed by atoms with Crippen molar-refractivity contribution in [2.45, 2.75) is 19.5 Å². The SMILES string of the molecule is C[C@H](NC(=O)c1cccc([N+](=O)[O-])c1)C(=O)OCC(=O)Nc1ccnn1Cc1ccccc1Cl. The number of esters is 1. The van der Waals surface area contributed by atoms with Gasteiger partial charge in [-0.1, -0.05) is 35.9 Å². The first-order chi connectivity index (χ1) is 16.2. The van der Waals surface area contributed by atoms with Crippen LogP contribution in [0.3, 0.4) is 0 Å². The van der Waals surface area contributed by atoms with Gasteiger partial charge in [-0.2, -0.15) is 5.10 Å². The molecular weight excluding hydrogens is 466 g/mol. The summed E-state index contributed by atoms with van der Waals surface area (Å²) in [5.74, 6) is -1.76. The molecule has 3 aromatic rings. The van der Waals surface area contributed by atoms with Gasteiger partial charge in [0.2, 0.25) is 0 Å². The number of nitrogens with one attached hydrogen (secondary N) is 2. The number of aromatic nitrogens is 2. The van der Waals surface area contributed by atoms with Crippen molar-refractivity contribution in [2.24, 2.45) is 0 Å². The van der Waals surface area contributed by atoms with Crippen LogP contribution in [0, 0.1) is 10.1 Å². The van der Waals surface area contributed by atoms with E-state index in [0.29, 0.717) is 17.4 Å². The zero-order valence-corrected chi connectivity index (χ0v) is 18.7. The number of hydrogen-bond acceptors (Lipinski definition) is 7. The lowest BCUT2D eigenvalue weighted by atomic mass is 10.2. The molecule has 0 aliphatic rings. The Kier molecular flexibility index (Phi) is 7.93. The summed E-state index contributed by atoms with van der Waals surface area (Å²) >= 11 is 6.16. The Balaban J connectivity index is 1.50. The summed E-state index contributed by atoms with van der Waals surface area (Å²) in [6.07, 6.45) is 1.50. The maximum Gasteiger partial charge on any atom is 0.328 e. The molecule has 0 aliphatic carbocycles. The van der Waals surface area contributed by atoms with Crippen molar-refractivity contribution in [3.63, 3.8) is 0 Å². The van der Waals surface area contributed by atoms with Crippen molar-refractivity contribution in [1.29, 1.82) is 0 Å². The van der Waals surface area contributed by atoms with Crippen LogP contribution in [0.25, 0.3) is 0 Å². The average Bonchev–Trinajstić information content (AvgIpc) is 3.25. The number of nitro groups is 1. The van der Waals surface area contributed by atoms with Gasteiger partial charge in [0.25, 0.3) is 17.5 Å². The van der Waals surface area contributed by atoms with Crippen molar-refractivity contribution in [3.8, 4) is 0 Å². The van der Waals surface area contributed by atoms with Gasteiger partial charge in [-0.05, 0) is 24.6 Å². The van der Waals surface area contributed by atoms with Crippen LogP contribution in [0.2, 0.25) is 5.02 Å². The highest BCUT2D eigenvalue weighted by Crippen LogP contribution is 2.18. The molecule has 11 nitrogen and oxygen atoms in total. The second-order valence-electron chi connectivity index (χ2n) is 7.12. The summed E-state index contributed by atoms with van der Waals surface area (Å²) in [5.41, 5.74) is 0.565. The standard InChI is InChI=1S/C22H20ClN5O6/c1-14(25-21(30)15-6-4-7-17(11-15)28(32)33)22(31)34-13-20(29)26-19-9-10-24-27(19)12-16-5-2-3-8-18(16)23/h2-11,14H,12-13H2,1H3,(H,25,30)(H,26,29)/t14-/m0/s1. The number of nitro benzene ring substituents is 1. The van der Waals surface area contributed by atoms with Gasteiger partial charge >= 0.3 is 5.97 Å². The first-order valence-corrected chi connectivity index (χ1v) is 10.4. The van der Waals surface area contributed by atoms with Crippen LogP contribution < -0.4 is 10.6 Å². The first-order valence-electron chi connectivity index (χ1n) is 10.0. The van der Waals surface area contributed by atoms with E-state index in [-0.39, 0.29) is 11.3 Å². The molecule has 0 bridgehead atoms. The number of ether oxygens (including phenoxy) is 1. The maximum atomic E-state index is 12.3. The Morgan fingerprint density at radius 3 is 2.68 bits per heavy atom. The summed E-state index contributed by atoms with van der Waals surface area (Å²) in [6.45, 7) is 1.10. The highest BCUT2D eigenvalue weighted by molar-refractivity contribution is 6.31. The third kappa shape index (κ3) is 6.39. The average molecular weight is 486 g/mol. The van der Waals surface area contributed by atoms with Crippen molar-refractivity contribution in [3.05, 3.63) is 87.1 Å². The van der Waals surface area contributed by atoms with E-state index in [1.165, 1.54) is 36.0 Å². The van der Waals surface area contributed by atoms with Crippen LogP contribution in [0.5, 0.6) is 0 Å². The minimum Gasteiger partial charge on any atom is -0.454 e. The number of anilines is 1. The molecule has 2 amide bonds. The Labute approximate surface area is 198 Å². The molecule has 1 atom stereocenters. The number of carbonyl (C=O) groups is 3. The van der Waals surface area contributed by atoms with Crippen molar-refractivity contribution < 1.29 is 24.0 Å². The van der Waals surface area contributed by atoms with E-state index < -0.39 is 35.4 Å². The largest absolute Gasteiger partial charge is 0.454 e. The Morgan fingerprint density at radius 2 is 1.94 bits per heavy atom. The summed E-state index contributed by atoms with van der Waals surface area (Å²) in [5, 5.41) is 20.5. The van der Waals surface area contributed by atoms with Crippen LogP contribution in [-0.2, 0) is 20.9 Å². The number of carbonyl (C=O) groups excluding carboxylic acids is 3. The predicted molar refractivity (Wildman–Crippen MR) is 122 cm³/mol. The number of benzene rings is 2. The molecule has 34 heavy (non-hydrogen) atoms. The number of nitrogens with zero attached hydrogens (tertiary/aromatic N) is 3. The van der Waals surface area contributed by atoms with Gasteiger partial charge in [-0.3, -0.25) is 19.7 Å². The molecule has 0 unspecified atom stereocenters. The monoisotopic (exact) mass is 485 g/mol. The van der Waals surface area contributed by atoms with Gasteiger partial charge in [0, 0.05) is 28.8 Å². The second kappa shape index (κ2) is 11.1. The van der Waals surface area contributed by atoms with Crippen LogP contribution in [0.1, 0.15) is 22.8 Å². The first kappa shape index (κ1) is 24.4. The third-order valence-electron chi connectivity index (χ3n) is 4.63. The van der Waals surface area contributed by atoms with E-state index in [1.54, 1.807) is 18.2 Å². The summed E-state index contributed by atoms with van der Waals surface area (Å²) in [4.78, 5) is 46.9. The van der Waals surface area contributed by atoms with E-state index >= 15 is 0 Å². The van der Waals surface area contributed by atoms with Gasteiger partial charge in [-0.15, -0.1) is 0 Å². The Morgan fingerprint density at radius 1 is 1.18 bits per heavy atom. The fourth-order valence-electron chi connectivity index (χ4n) is 2.89. The summed E-state index contributed by atoms with van der Waals surface area (Å²) in [7, 11) is 0. The third-order valence-corrected chi connectivity index (χ3v) is 5.00. The fourth-order valence-corrected chi connectivity index (χ4v) is 3.09. The normalized spacial score (nSPS) is 11.4. The highest BCUT2D eigenvalue weighted by Gasteiger charge is 2.20. The van der Waals surface area contributed by atoms with E-state index in [0.717, 1.165) is 11.6 Å². The van der Waals surface area contributed by atoms with E-state index in [2.05, 4.69) is 15.7 Å². The van der Waals surface area contributed by atoms with Crippen LogP contribution >= 0.6 is 11.6 Å². The molecule has 1 heterocycles. The van der Waals surface area contributed by atoms with Crippen LogP contribution in [0.4, 0.5) is 11.5 Å². The Bertz CT molecular complexity index is 1230. The number of rotatable bonds is 9. The zero-order chi connectivity index (χ0) is 24.7. The lowest BCUT2D eigenvalue weighted by molar-refractivity contribution is -0.384. The molecule has 1 aromatic heterocycles. The molecule has 176 valence electrons. The van der Waals surface area contributed by atoms with Crippen LogP contribution in [0.15, 0.2) is 60.8 Å². The molecule has 0 spiro atoms. The molecule has 0 radical (unpaired) electrons. The minimum absolute atomic E-state index is 0.0124. The quantitative estimate of drug-likeness (QED) is 0.269. The predicted octanol–water partition coefficient (Wildman–Crippen LogP) is 2.79. The smallest absolute Gasteiger partial charge is 0.328 e. The van der Waals surface area contributed by atoms with Gasteiger partial charge in [0.15, 0.2) is 6.61 Å². The van der Waals surface area contributed by atoms with Gasteiger partial charge in [-0.25, -0.2) is 9.48 Å². The molecule has 0 saturated heterocycles. The topological polar surface area (TPSA) is 145 Å². The molecule has 0 aliphatic heterocycles. The zero-order valence-electron chi connectivity index (χ0n) is 17.9. The molecule has 0 saturated carbocycles. The van der Waals surface area contributed by atoms with E-state index in [1.807, 2.05) is 12.1 Å². The fraction of sp³-hybridized carbons (Fsp3) is 0.182. The van der Waals surface area contributed by atoms with Crippen molar-refractivity contribution in [2.75, 3.05) is 11.9 Å².